The van der Waals surface area contributed by atoms with Gasteiger partial charge in [0.25, 0.3) is 0 Å². The van der Waals surface area contributed by atoms with Crippen LogP contribution in [0.4, 0.5) is 4.39 Å². The maximum Gasteiger partial charge on any atom is 0.229 e. The first-order chi connectivity index (χ1) is 9.43. The normalized spacial score (nSPS) is 11.7. The van der Waals surface area contributed by atoms with E-state index in [0.717, 1.165) is 0 Å². The molecule has 0 aliphatic heterocycles. The molecule has 0 unspecified atom stereocenters. The first-order valence-electron chi connectivity index (χ1n) is 5.89. The van der Waals surface area contributed by atoms with Gasteiger partial charge in [0.05, 0.1) is 5.69 Å². The van der Waals surface area contributed by atoms with Crippen LogP contribution in [0.5, 0.6) is 11.6 Å². The van der Waals surface area contributed by atoms with Crippen molar-refractivity contribution in [2.24, 2.45) is 17.9 Å². The predicted molar refractivity (Wildman–Crippen MR) is 71.7 cm³/mol. The van der Waals surface area contributed by atoms with Crippen molar-refractivity contribution in [3.63, 3.8) is 0 Å². The van der Waals surface area contributed by atoms with E-state index in [1.165, 1.54) is 22.9 Å². The van der Waals surface area contributed by atoms with Gasteiger partial charge in [-0.25, -0.2) is 9.07 Å². The van der Waals surface area contributed by atoms with Crippen LogP contribution in [-0.2, 0) is 7.05 Å². The van der Waals surface area contributed by atoms with Crippen molar-refractivity contribution in [1.82, 2.24) is 9.78 Å². The van der Waals surface area contributed by atoms with E-state index in [9.17, 15) is 4.39 Å². The Bertz CT molecular complexity index is 679. The number of hydrogen-bond acceptors (Lipinski definition) is 4. The van der Waals surface area contributed by atoms with Crippen LogP contribution in [0, 0.1) is 19.7 Å². The minimum atomic E-state index is -0.340. The van der Waals surface area contributed by atoms with Gasteiger partial charge in [0, 0.05) is 7.05 Å². The monoisotopic (exact) mass is 278 g/mol. The van der Waals surface area contributed by atoms with Gasteiger partial charge >= 0.3 is 0 Å². The van der Waals surface area contributed by atoms with E-state index in [1.807, 2.05) is 0 Å². The topological polar surface area (TPSA) is 85.7 Å². The van der Waals surface area contributed by atoms with E-state index in [0.29, 0.717) is 28.5 Å². The largest absolute Gasteiger partial charge is 0.438 e. The van der Waals surface area contributed by atoms with Crippen LogP contribution in [0.25, 0.3) is 0 Å². The molecule has 3 N–H and O–H groups in total. The number of nitrogens with zero attached hydrogens (tertiary/aromatic N) is 3. The molecule has 1 heterocycles. The van der Waals surface area contributed by atoms with Gasteiger partial charge in [0.2, 0.25) is 5.88 Å². The van der Waals surface area contributed by atoms with Gasteiger partial charge in [-0.15, -0.1) is 0 Å². The number of benzene rings is 1. The number of nitrogens with two attached hydrogens (primary N) is 1. The maximum atomic E-state index is 13.1. The summed E-state index contributed by atoms with van der Waals surface area (Å²) in [6.07, 6.45) is 0. The summed E-state index contributed by atoms with van der Waals surface area (Å²) in [7, 11) is 1.68. The lowest BCUT2D eigenvalue weighted by Gasteiger charge is -2.10. The number of amidine groups is 1. The molecule has 106 valence electrons. The van der Waals surface area contributed by atoms with Crippen molar-refractivity contribution < 1.29 is 14.3 Å². The summed E-state index contributed by atoms with van der Waals surface area (Å²) in [5.74, 6) is 0.368. The Morgan fingerprint density at radius 3 is 2.75 bits per heavy atom. The highest BCUT2D eigenvalue weighted by atomic mass is 19.1. The standard InChI is InChI=1S/C13H15FN4O2/c1-7-6-9(14)4-5-10(7)20-13-11(12(15)17-19)8(2)16-18(13)3/h4-6,19H,1-3H3,(H2,15,17). The molecule has 6 nitrogen and oxygen atoms in total. The highest BCUT2D eigenvalue weighted by molar-refractivity contribution is 6.00. The molecule has 0 amide bonds. The van der Waals surface area contributed by atoms with Crippen molar-refractivity contribution in [3.05, 3.63) is 40.8 Å². The third-order valence-corrected chi connectivity index (χ3v) is 2.88. The van der Waals surface area contributed by atoms with Crippen LogP contribution >= 0.6 is 0 Å². The van der Waals surface area contributed by atoms with Crippen molar-refractivity contribution in [2.45, 2.75) is 13.8 Å². The molecule has 20 heavy (non-hydrogen) atoms. The van der Waals surface area contributed by atoms with E-state index >= 15 is 0 Å². The molecule has 0 saturated heterocycles. The summed E-state index contributed by atoms with van der Waals surface area (Å²) in [4.78, 5) is 0. The zero-order valence-electron chi connectivity index (χ0n) is 11.4. The number of halogens is 1. The minimum absolute atomic E-state index is 0.0923. The number of aryl methyl sites for hydroxylation is 3. The second-order valence-electron chi connectivity index (χ2n) is 4.39. The summed E-state index contributed by atoms with van der Waals surface area (Å²) < 4.78 is 20.3. The first kappa shape index (κ1) is 13.9. The fourth-order valence-electron chi connectivity index (χ4n) is 1.93. The Morgan fingerprint density at radius 1 is 1.45 bits per heavy atom. The van der Waals surface area contributed by atoms with E-state index in [1.54, 1.807) is 20.9 Å². The molecular weight excluding hydrogens is 263 g/mol. The van der Waals surface area contributed by atoms with E-state index in [-0.39, 0.29) is 11.7 Å². The van der Waals surface area contributed by atoms with Crippen LogP contribution in [0.15, 0.2) is 23.4 Å². The van der Waals surface area contributed by atoms with Gasteiger partial charge in [-0.05, 0) is 37.6 Å². The number of rotatable bonds is 3. The second kappa shape index (κ2) is 5.20. The highest BCUT2D eigenvalue weighted by Gasteiger charge is 2.20. The SMILES string of the molecule is Cc1cc(F)ccc1Oc1c(/C(N)=N/O)c(C)nn1C. The molecule has 0 bridgehead atoms. The minimum Gasteiger partial charge on any atom is -0.438 e. The number of ether oxygens (including phenoxy) is 1. The van der Waals surface area contributed by atoms with Gasteiger partial charge in [-0.2, -0.15) is 5.10 Å². The fraction of sp³-hybridized carbons (Fsp3) is 0.231. The lowest BCUT2D eigenvalue weighted by atomic mass is 10.2. The summed E-state index contributed by atoms with van der Waals surface area (Å²) in [6, 6.07) is 4.18. The highest BCUT2D eigenvalue weighted by Crippen LogP contribution is 2.29. The van der Waals surface area contributed by atoms with E-state index in [4.69, 9.17) is 15.7 Å². The van der Waals surface area contributed by atoms with Gasteiger partial charge in [0.15, 0.2) is 5.84 Å². The molecular formula is C13H15FN4O2. The number of aromatic nitrogens is 2. The molecule has 0 radical (unpaired) electrons. The molecule has 0 saturated carbocycles. The summed E-state index contributed by atoms with van der Waals surface area (Å²) in [6.45, 7) is 3.45. The average Bonchev–Trinajstić information content (AvgIpc) is 2.66. The van der Waals surface area contributed by atoms with Gasteiger partial charge in [-0.3, -0.25) is 0 Å². The Morgan fingerprint density at radius 2 is 2.15 bits per heavy atom. The number of hydrogen-bond donors (Lipinski definition) is 2. The third kappa shape index (κ3) is 2.42. The Hall–Kier alpha value is -2.57. The molecule has 0 spiro atoms. The van der Waals surface area contributed by atoms with Crippen LogP contribution in [-0.4, -0.2) is 20.8 Å². The van der Waals surface area contributed by atoms with E-state index < -0.39 is 0 Å². The molecule has 2 rings (SSSR count). The fourth-order valence-corrected chi connectivity index (χ4v) is 1.93. The summed E-state index contributed by atoms with van der Waals surface area (Å²) in [5, 5.41) is 16.0. The predicted octanol–water partition coefficient (Wildman–Crippen LogP) is 2.06. The van der Waals surface area contributed by atoms with Gasteiger partial charge < -0.3 is 15.7 Å². The number of oxime groups is 1. The molecule has 1 aromatic carbocycles. The molecule has 2 aromatic rings. The second-order valence-corrected chi connectivity index (χ2v) is 4.39. The van der Waals surface area contributed by atoms with Crippen molar-refractivity contribution in [2.75, 3.05) is 0 Å². The lowest BCUT2D eigenvalue weighted by Crippen LogP contribution is -2.15. The van der Waals surface area contributed by atoms with Crippen molar-refractivity contribution in [1.29, 1.82) is 0 Å². The Balaban J connectivity index is 2.48. The van der Waals surface area contributed by atoms with E-state index in [2.05, 4.69) is 10.3 Å². The van der Waals surface area contributed by atoms with Gasteiger partial charge in [-0.1, -0.05) is 5.16 Å². The van der Waals surface area contributed by atoms with Crippen molar-refractivity contribution in [3.8, 4) is 11.6 Å². The molecule has 0 aliphatic rings. The Labute approximate surface area is 115 Å². The molecule has 1 aromatic heterocycles. The van der Waals surface area contributed by atoms with Crippen LogP contribution in [0.3, 0.4) is 0 Å². The Kier molecular flexibility index (Phi) is 3.60. The van der Waals surface area contributed by atoms with Gasteiger partial charge in [0.1, 0.15) is 17.1 Å². The molecule has 7 heteroatoms. The molecule has 0 atom stereocenters. The zero-order valence-corrected chi connectivity index (χ0v) is 11.4. The van der Waals surface area contributed by atoms with Crippen LogP contribution in [0.2, 0.25) is 0 Å². The van der Waals surface area contributed by atoms with Crippen molar-refractivity contribution >= 4 is 5.84 Å². The first-order valence-corrected chi connectivity index (χ1v) is 5.89. The zero-order chi connectivity index (χ0) is 14.9. The van der Waals surface area contributed by atoms with Crippen LogP contribution < -0.4 is 10.5 Å². The lowest BCUT2D eigenvalue weighted by molar-refractivity contribution is 0.318. The summed E-state index contributed by atoms with van der Waals surface area (Å²) in [5.41, 5.74) is 7.23. The van der Waals surface area contributed by atoms with Crippen LogP contribution in [0.1, 0.15) is 16.8 Å². The average molecular weight is 278 g/mol. The summed E-state index contributed by atoms with van der Waals surface area (Å²) >= 11 is 0. The molecule has 0 aliphatic carbocycles. The quantitative estimate of drug-likeness (QED) is 0.389. The maximum absolute atomic E-state index is 13.1. The third-order valence-electron chi connectivity index (χ3n) is 2.88. The molecule has 0 fully saturated rings. The smallest absolute Gasteiger partial charge is 0.229 e.